The highest BCUT2D eigenvalue weighted by molar-refractivity contribution is 5.96. The fourth-order valence-corrected chi connectivity index (χ4v) is 5.48. The van der Waals surface area contributed by atoms with E-state index in [2.05, 4.69) is 21.8 Å². The van der Waals surface area contributed by atoms with E-state index in [1.165, 1.54) is 0 Å². The predicted molar refractivity (Wildman–Crippen MR) is 153 cm³/mol. The topological polar surface area (TPSA) is 121 Å². The number of aryl methyl sites for hydroxylation is 4. The Kier molecular flexibility index (Phi) is 7.83. The Hall–Kier alpha value is -4.60. The zero-order valence-electron chi connectivity index (χ0n) is 24.0. The Labute approximate surface area is 237 Å². The lowest BCUT2D eigenvalue weighted by molar-refractivity contribution is 0.0967. The molecule has 0 atom stereocenters. The third-order valence-electron chi connectivity index (χ3n) is 7.33. The molecule has 0 radical (unpaired) electrons. The molecule has 3 heterocycles. The summed E-state index contributed by atoms with van der Waals surface area (Å²) < 4.78 is 19.5. The molecule has 10 nitrogen and oxygen atoms in total. The van der Waals surface area contributed by atoms with Gasteiger partial charge in [0.1, 0.15) is 5.49 Å². The normalized spacial score (nSPS) is 12.7. The molecule has 2 aromatic carbocycles. The minimum Gasteiger partial charge on any atom is -0.503 e. The van der Waals surface area contributed by atoms with Crippen molar-refractivity contribution in [2.45, 2.75) is 60.0 Å². The number of carbonyl (C=O) groups excluding carboxylic acids is 1. The molecule has 1 N–H and O–H groups in total. The van der Waals surface area contributed by atoms with Gasteiger partial charge in [0.25, 0.3) is 0 Å². The molecule has 0 aliphatic carbocycles. The first kappa shape index (κ1) is 27.9. The number of hydrogen-bond acceptors (Lipinski definition) is 8. The number of ether oxygens (including phenoxy) is 2. The quantitative estimate of drug-likeness (QED) is 0.293. The van der Waals surface area contributed by atoms with E-state index in [9.17, 15) is 14.7 Å². The van der Waals surface area contributed by atoms with E-state index in [1.807, 2.05) is 45.9 Å². The highest BCUT2D eigenvalue weighted by atomic mass is 16.5. The van der Waals surface area contributed by atoms with Crippen LogP contribution in [0, 0.1) is 20.8 Å². The smallest absolute Gasteiger partial charge is 0.330 e. The van der Waals surface area contributed by atoms with Gasteiger partial charge in [-0.2, -0.15) is 0 Å². The summed E-state index contributed by atoms with van der Waals surface area (Å²) in [6, 6.07) is 9.98. The van der Waals surface area contributed by atoms with Crippen molar-refractivity contribution in [2.75, 3.05) is 13.7 Å². The molecule has 0 spiro atoms. The van der Waals surface area contributed by atoms with Crippen molar-refractivity contribution in [2.24, 2.45) is 4.99 Å². The number of rotatable bonds is 9. The van der Waals surface area contributed by atoms with E-state index in [0.29, 0.717) is 43.0 Å². The highest BCUT2D eigenvalue weighted by Gasteiger charge is 2.23. The van der Waals surface area contributed by atoms with Gasteiger partial charge in [0.05, 0.1) is 25.1 Å². The van der Waals surface area contributed by atoms with Crippen LogP contribution in [-0.2, 0) is 19.5 Å². The summed E-state index contributed by atoms with van der Waals surface area (Å²) in [4.78, 5) is 31.6. The number of hydrogen-bond donors (Lipinski definition) is 1. The minimum atomic E-state index is -0.357. The molecular weight excluding hydrogens is 524 g/mol. The van der Waals surface area contributed by atoms with Crippen LogP contribution in [0.2, 0.25) is 0 Å². The standard InChI is InChI=1S/C31H34N4O6/c1-6-40-27-14-21-9-11-34-23(22(21)15-26(27)39-5)16-28(32-29-19(3)12-18(2)13-20(29)4)35(31(34)38)10-7-8-24(36)30-25(37)17-41-33-30/h12-17,37H,6-11H2,1-5H3. The summed E-state index contributed by atoms with van der Waals surface area (Å²) in [5, 5.41) is 13.4. The molecule has 0 amide bonds. The first-order valence-electron chi connectivity index (χ1n) is 13.7. The largest absolute Gasteiger partial charge is 0.503 e. The molecular formula is C31H34N4O6. The maximum absolute atomic E-state index is 14.0. The second-order valence-electron chi connectivity index (χ2n) is 10.3. The van der Waals surface area contributed by atoms with Crippen molar-refractivity contribution >= 4 is 11.5 Å². The maximum atomic E-state index is 14.0. The molecule has 10 heteroatoms. The number of aromatic nitrogens is 3. The molecule has 4 aromatic rings. The van der Waals surface area contributed by atoms with Gasteiger partial charge in [0, 0.05) is 31.1 Å². The van der Waals surface area contributed by atoms with Crippen LogP contribution in [-0.4, -0.2) is 38.9 Å². The van der Waals surface area contributed by atoms with Gasteiger partial charge < -0.3 is 19.1 Å². The molecule has 0 unspecified atom stereocenters. The zero-order valence-corrected chi connectivity index (χ0v) is 24.0. The lowest BCUT2D eigenvalue weighted by atomic mass is 9.97. The number of aromatic hydroxyl groups is 1. The predicted octanol–water partition coefficient (Wildman–Crippen LogP) is 4.79. The van der Waals surface area contributed by atoms with E-state index in [-0.39, 0.29) is 35.9 Å². The second-order valence-corrected chi connectivity index (χ2v) is 10.3. The first-order chi connectivity index (χ1) is 19.7. The number of carbonyl (C=O) groups is 1. The summed E-state index contributed by atoms with van der Waals surface area (Å²) >= 11 is 0. The van der Waals surface area contributed by atoms with Crippen molar-refractivity contribution in [3.05, 3.63) is 80.5 Å². The molecule has 0 bridgehead atoms. The number of Topliss-reactive ketones (excluding diaryl/α,β-unsaturated/α-hetero) is 1. The molecule has 5 rings (SSSR count). The van der Waals surface area contributed by atoms with Gasteiger partial charge in [-0.05, 0) is 69.4 Å². The monoisotopic (exact) mass is 558 g/mol. The van der Waals surface area contributed by atoms with Gasteiger partial charge in [-0.25, -0.2) is 9.79 Å². The van der Waals surface area contributed by atoms with E-state index < -0.39 is 0 Å². The molecule has 214 valence electrons. The van der Waals surface area contributed by atoms with Gasteiger partial charge in [0.2, 0.25) is 0 Å². The number of benzene rings is 2. The Morgan fingerprint density at radius 2 is 1.88 bits per heavy atom. The third kappa shape index (κ3) is 5.41. The Bertz CT molecular complexity index is 1740. The van der Waals surface area contributed by atoms with Gasteiger partial charge in [0.15, 0.2) is 35.0 Å². The van der Waals surface area contributed by atoms with Crippen LogP contribution >= 0.6 is 0 Å². The van der Waals surface area contributed by atoms with Crippen molar-refractivity contribution in [3.63, 3.8) is 0 Å². The summed E-state index contributed by atoms with van der Waals surface area (Å²) in [5.74, 6) is 0.625. The number of fused-ring (bicyclic) bond motifs is 3. The Balaban J connectivity index is 1.63. The highest BCUT2D eigenvalue weighted by Crippen LogP contribution is 2.38. The van der Waals surface area contributed by atoms with E-state index in [4.69, 9.17) is 14.5 Å². The lowest BCUT2D eigenvalue weighted by Gasteiger charge is -2.25. The number of ketones is 1. The van der Waals surface area contributed by atoms with E-state index >= 15 is 0 Å². The summed E-state index contributed by atoms with van der Waals surface area (Å²) in [6.07, 6.45) is 2.10. The van der Waals surface area contributed by atoms with Crippen molar-refractivity contribution in [1.82, 2.24) is 14.3 Å². The van der Waals surface area contributed by atoms with Crippen LogP contribution < -0.4 is 20.7 Å². The summed E-state index contributed by atoms with van der Waals surface area (Å²) in [7, 11) is 1.60. The first-order valence-corrected chi connectivity index (χ1v) is 13.7. The van der Waals surface area contributed by atoms with Gasteiger partial charge >= 0.3 is 5.69 Å². The van der Waals surface area contributed by atoms with Crippen LogP contribution in [0.25, 0.3) is 11.3 Å². The van der Waals surface area contributed by atoms with Crippen LogP contribution in [0.4, 0.5) is 5.69 Å². The molecule has 0 saturated heterocycles. The molecule has 0 fully saturated rings. The van der Waals surface area contributed by atoms with Gasteiger partial charge in [-0.1, -0.05) is 22.9 Å². The van der Waals surface area contributed by atoms with Gasteiger partial charge in [-0.15, -0.1) is 0 Å². The zero-order chi connectivity index (χ0) is 29.3. The number of methoxy groups -OCH3 is 1. The Morgan fingerprint density at radius 1 is 1.12 bits per heavy atom. The van der Waals surface area contributed by atoms with Crippen molar-refractivity contribution < 1.29 is 23.9 Å². The minimum absolute atomic E-state index is 0.0799. The lowest BCUT2D eigenvalue weighted by Crippen LogP contribution is -2.42. The van der Waals surface area contributed by atoms with Crippen molar-refractivity contribution in [1.29, 1.82) is 0 Å². The Morgan fingerprint density at radius 3 is 2.54 bits per heavy atom. The molecule has 1 aliphatic heterocycles. The molecule has 41 heavy (non-hydrogen) atoms. The molecule has 2 aromatic heterocycles. The molecule has 1 aliphatic rings. The van der Waals surface area contributed by atoms with Crippen LogP contribution in [0.15, 0.2) is 50.9 Å². The average Bonchev–Trinajstić information content (AvgIpc) is 3.37. The SMILES string of the molecule is CCOc1cc2c(cc1OC)-c1cc(=Nc3c(C)cc(C)cc3C)n(CCCC(=O)c3nocc3O)c(=O)n1CC2. The van der Waals surface area contributed by atoms with Crippen molar-refractivity contribution in [3.8, 4) is 28.5 Å². The third-order valence-corrected chi connectivity index (χ3v) is 7.33. The maximum Gasteiger partial charge on any atom is 0.330 e. The van der Waals surface area contributed by atoms with Gasteiger partial charge in [-0.3, -0.25) is 13.9 Å². The van der Waals surface area contributed by atoms with Crippen LogP contribution in [0.1, 0.15) is 52.5 Å². The number of nitrogens with zero attached hydrogens (tertiary/aromatic N) is 4. The second kappa shape index (κ2) is 11.5. The fraction of sp³-hybridized carbons (Fsp3) is 0.355. The summed E-state index contributed by atoms with van der Waals surface area (Å²) in [6.45, 7) is 9.25. The summed E-state index contributed by atoms with van der Waals surface area (Å²) in [5.41, 5.74) is 6.84. The molecule has 0 saturated carbocycles. The average molecular weight is 559 g/mol. The van der Waals surface area contributed by atoms with E-state index in [0.717, 1.165) is 45.5 Å². The van der Waals surface area contributed by atoms with Crippen LogP contribution in [0.3, 0.4) is 0 Å². The fourth-order valence-electron chi connectivity index (χ4n) is 5.48. The van der Waals surface area contributed by atoms with E-state index in [1.54, 1.807) is 16.2 Å². The van der Waals surface area contributed by atoms with Crippen LogP contribution in [0.5, 0.6) is 17.2 Å².